The Labute approximate surface area is 118 Å². The van der Waals surface area contributed by atoms with Gasteiger partial charge in [0.05, 0.1) is 7.11 Å². The SMILES string of the molecule is CCNC(C)Cc1nc(Cc2ccc(OC)nc2)no1. The average molecular weight is 276 g/mol. The van der Waals surface area contributed by atoms with Crippen LogP contribution in [0.4, 0.5) is 0 Å². The van der Waals surface area contributed by atoms with Crippen molar-refractivity contribution in [3.63, 3.8) is 0 Å². The molecule has 2 heterocycles. The maximum Gasteiger partial charge on any atom is 0.228 e. The first-order valence-corrected chi connectivity index (χ1v) is 6.75. The third-order valence-corrected chi connectivity index (χ3v) is 2.91. The van der Waals surface area contributed by atoms with E-state index >= 15 is 0 Å². The molecule has 0 aromatic carbocycles. The summed E-state index contributed by atoms with van der Waals surface area (Å²) in [7, 11) is 1.60. The Balaban J connectivity index is 1.94. The van der Waals surface area contributed by atoms with Crippen molar-refractivity contribution < 1.29 is 9.26 Å². The molecule has 0 aliphatic carbocycles. The summed E-state index contributed by atoms with van der Waals surface area (Å²) in [4.78, 5) is 8.55. The first-order valence-electron chi connectivity index (χ1n) is 6.75. The molecule has 2 aromatic heterocycles. The van der Waals surface area contributed by atoms with E-state index < -0.39 is 0 Å². The molecule has 0 amide bonds. The Morgan fingerprint density at radius 2 is 2.25 bits per heavy atom. The van der Waals surface area contributed by atoms with Gasteiger partial charge in [0.2, 0.25) is 11.8 Å². The fourth-order valence-electron chi connectivity index (χ4n) is 1.95. The molecule has 0 aliphatic rings. The van der Waals surface area contributed by atoms with Gasteiger partial charge in [0.25, 0.3) is 0 Å². The number of nitrogens with one attached hydrogen (secondary N) is 1. The summed E-state index contributed by atoms with van der Waals surface area (Å²) < 4.78 is 10.3. The first-order chi connectivity index (χ1) is 9.71. The summed E-state index contributed by atoms with van der Waals surface area (Å²) in [5.41, 5.74) is 1.03. The molecule has 20 heavy (non-hydrogen) atoms. The van der Waals surface area contributed by atoms with Crippen LogP contribution in [-0.4, -0.2) is 34.8 Å². The highest BCUT2D eigenvalue weighted by molar-refractivity contribution is 5.20. The molecule has 0 fully saturated rings. The highest BCUT2D eigenvalue weighted by Crippen LogP contribution is 2.10. The monoisotopic (exact) mass is 276 g/mol. The number of aromatic nitrogens is 3. The Bertz CT molecular complexity index is 524. The van der Waals surface area contributed by atoms with E-state index in [1.54, 1.807) is 13.3 Å². The number of pyridine rings is 1. The van der Waals surface area contributed by atoms with Crippen molar-refractivity contribution in [1.82, 2.24) is 20.4 Å². The number of hydrogen-bond acceptors (Lipinski definition) is 6. The Kier molecular flexibility index (Phi) is 5.06. The summed E-state index contributed by atoms with van der Waals surface area (Å²) in [6.07, 6.45) is 3.11. The van der Waals surface area contributed by atoms with Crippen LogP contribution in [0.3, 0.4) is 0 Å². The molecule has 6 nitrogen and oxygen atoms in total. The van der Waals surface area contributed by atoms with Gasteiger partial charge >= 0.3 is 0 Å². The zero-order valence-corrected chi connectivity index (χ0v) is 12.1. The molecule has 0 aliphatic heterocycles. The average Bonchev–Trinajstić information content (AvgIpc) is 2.87. The van der Waals surface area contributed by atoms with Gasteiger partial charge in [0.1, 0.15) is 0 Å². The lowest BCUT2D eigenvalue weighted by molar-refractivity contribution is 0.359. The van der Waals surface area contributed by atoms with Gasteiger partial charge in [-0.05, 0) is 19.0 Å². The lowest BCUT2D eigenvalue weighted by Gasteiger charge is -2.07. The summed E-state index contributed by atoms with van der Waals surface area (Å²) in [6.45, 7) is 5.10. The number of ether oxygens (including phenoxy) is 1. The fourth-order valence-corrected chi connectivity index (χ4v) is 1.95. The van der Waals surface area contributed by atoms with E-state index in [1.165, 1.54) is 0 Å². The molecule has 0 saturated carbocycles. The van der Waals surface area contributed by atoms with Crippen LogP contribution in [0.1, 0.15) is 31.1 Å². The Morgan fingerprint density at radius 3 is 2.90 bits per heavy atom. The maximum atomic E-state index is 5.25. The Morgan fingerprint density at radius 1 is 1.40 bits per heavy atom. The van der Waals surface area contributed by atoms with Gasteiger partial charge < -0.3 is 14.6 Å². The molecule has 2 rings (SSSR count). The molecule has 0 saturated heterocycles. The molecule has 1 atom stereocenters. The normalized spacial score (nSPS) is 12.3. The second kappa shape index (κ2) is 7.00. The van der Waals surface area contributed by atoms with Gasteiger partial charge in [0, 0.05) is 31.1 Å². The molecule has 0 bridgehead atoms. The van der Waals surface area contributed by atoms with Crippen molar-refractivity contribution >= 4 is 0 Å². The zero-order chi connectivity index (χ0) is 14.4. The highest BCUT2D eigenvalue weighted by Gasteiger charge is 2.10. The van der Waals surface area contributed by atoms with Crippen molar-refractivity contribution in [2.75, 3.05) is 13.7 Å². The minimum absolute atomic E-state index is 0.330. The number of likely N-dealkylation sites (N-methyl/N-ethyl adjacent to an activating group) is 1. The van der Waals surface area contributed by atoms with Gasteiger partial charge in [0.15, 0.2) is 5.82 Å². The number of methoxy groups -OCH3 is 1. The van der Waals surface area contributed by atoms with E-state index in [2.05, 4.69) is 34.3 Å². The topological polar surface area (TPSA) is 73.1 Å². The third-order valence-electron chi connectivity index (χ3n) is 2.91. The maximum absolute atomic E-state index is 5.25. The van der Waals surface area contributed by atoms with Gasteiger partial charge in [-0.2, -0.15) is 4.98 Å². The predicted molar refractivity (Wildman–Crippen MR) is 74.7 cm³/mol. The summed E-state index contributed by atoms with van der Waals surface area (Å²) in [5.74, 6) is 1.94. The molecule has 1 N–H and O–H groups in total. The van der Waals surface area contributed by atoms with Crippen LogP contribution in [0.5, 0.6) is 5.88 Å². The second-order valence-electron chi connectivity index (χ2n) is 4.65. The standard InChI is InChI=1S/C14H20N4O2/c1-4-15-10(2)7-14-17-12(18-20-14)8-11-5-6-13(19-3)16-9-11/h5-6,9-10,15H,4,7-8H2,1-3H3. The van der Waals surface area contributed by atoms with Crippen molar-refractivity contribution in [3.8, 4) is 5.88 Å². The van der Waals surface area contributed by atoms with Crippen molar-refractivity contribution in [1.29, 1.82) is 0 Å². The quantitative estimate of drug-likeness (QED) is 0.828. The fraction of sp³-hybridized carbons (Fsp3) is 0.500. The van der Waals surface area contributed by atoms with Crippen LogP contribution < -0.4 is 10.1 Å². The third kappa shape index (κ3) is 4.03. The summed E-state index contributed by atoms with van der Waals surface area (Å²) in [5, 5.41) is 7.31. The molecule has 0 radical (unpaired) electrons. The van der Waals surface area contributed by atoms with Crippen LogP contribution >= 0.6 is 0 Å². The van der Waals surface area contributed by atoms with Crippen molar-refractivity contribution in [3.05, 3.63) is 35.6 Å². The minimum Gasteiger partial charge on any atom is -0.481 e. The molecule has 1 unspecified atom stereocenters. The minimum atomic E-state index is 0.330. The highest BCUT2D eigenvalue weighted by atomic mass is 16.5. The van der Waals surface area contributed by atoms with Gasteiger partial charge in [-0.1, -0.05) is 18.1 Å². The van der Waals surface area contributed by atoms with E-state index in [0.29, 0.717) is 30.1 Å². The van der Waals surface area contributed by atoms with Crippen LogP contribution in [0.25, 0.3) is 0 Å². The number of rotatable bonds is 7. The molecular formula is C14H20N4O2. The van der Waals surface area contributed by atoms with Crippen LogP contribution in [0.2, 0.25) is 0 Å². The van der Waals surface area contributed by atoms with Gasteiger partial charge in [-0.25, -0.2) is 4.98 Å². The largest absolute Gasteiger partial charge is 0.481 e. The molecule has 0 spiro atoms. The summed E-state index contributed by atoms with van der Waals surface area (Å²) in [6, 6.07) is 4.10. The second-order valence-corrected chi connectivity index (χ2v) is 4.65. The Hall–Kier alpha value is -1.95. The van der Waals surface area contributed by atoms with E-state index in [-0.39, 0.29) is 0 Å². The van der Waals surface area contributed by atoms with E-state index in [9.17, 15) is 0 Å². The van der Waals surface area contributed by atoms with E-state index in [1.807, 2.05) is 12.1 Å². The predicted octanol–water partition coefficient (Wildman–Crippen LogP) is 1.60. The van der Waals surface area contributed by atoms with Crippen LogP contribution in [-0.2, 0) is 12.8 Å². The van der Waals surface area contributed by atoms with Gasteiger partial charge in [-0.3, -0.25) is 0 Å². The number of hydrogen-bond donors (Lipinski definition) is 1. The van der Waals surface area contributed by atoms with Crippen LogP contribution in [0.15, 0.2) is 22.9 Å². The van der Waals surface area contributed by atoms with Gasteiger partial charge in [-0.15, -0.1) is 0 Å². The van der Waals surface area contributed by atoms with Crippen molar-refractivity contribution in [2.45, 2.75) is 32.7 Å². The van der Waals surface area contributed by atoms with E-state index in [0.717, 1.165) is 18.5 Å². The summed E-state index contributed by atoms with van der Waals surface area (Å²) >= 11 is 0. The first kappa shape index (κ1) is 14.5. The molecule has 108 valence electrons. The molecule has 6 heteroatoms. The molecular weight excluding hydrogens is 256 g/mol. The van der Waals surface area contributed by atoms with E-state index in [4.69, 9.17) is 9.26 Å². The lowest BCUT2D eigenvalue weighted by atomic mass is 10.2. The number of nitrogens with zero attached hydrogens (tertiary/aromatic N) is 3. The van der Waals surface area contributed by atoms with Crippen molar-refractivity contribution in [2.24, 2.45) is 0 Å². The smallest absolute Gasteiger partial charge is 0.228 e. The molecule has 2 aromatic rings. The lowest BCUT2D eigenvalue weighted by Crippen LogP contribution is -2.27. The zero-order valence-electron chi connectivity index (χ0n) is 12.1. The van der Waals surface area contributed by atoms with Crippen LogP contribution in [0, 0.1) is 0 Å².